The standard InChI is InChI=1S/C25H34N2O2/c1-24-12-10-22(28)27(4)21(24)8-7-18-19(24)9-11-25(2)20(18)15-16(23(25)29)14-17-6-5-13-26(17)3/h5-6,10,12-14,18-21,23,29H,7-9,11,15H2,1-4H3/t18-,19-,20+,21?,23?,24-,25+/m1/s1. The summed E-state index contributed by atoms with van der Waals surface area (Å²) in [6.45, 7) is 4.70. The number of nitrogens with zero attached hydrogens (tertiary/aromatic N) is 2. The Bertz CT molecular complexity index is 898. The third-order valence-electron chi connectivity index (χ3n) is 9.31. The van der Waals surface area contributed by atoms with E-state index in [1.807, 2.05) is 11.9 Å². The zero-order chi connectivity index (χ0) is 20.6. The molecule has 1 N–H and O–H groups in total. The largest absolute Gasteiger partial charge is 0.388 e. The van der Waals surface area contributed by atoms with Crippen molar-refractivity contribution in [2.75, 3.05) is 7.05 Å². The minimum Gasteiger partial charge on any atom is -0.388 e. The Balaban J connectivity index is 1.49. The van der Waals surface area contributed by atoms with Crippen LogP contribution in [0.25, 0.3) is 6.08 Å². The Morgan fingerprint density at radius 2 is 1.97 bits per heavy atom. The Morgan fingerprint density at radius 1 is 1.17 bits per heavy atom. The molecule has 0 radical (unpaired) electrons. The Hall–Kier alpha value is -1.81. The molecule has 4 aliphatic rings. The number of aryl methyl sites for hydroxylation is 1. The normalized spacial score (nSPS) is 45.3. The maximum Gasteiger partial charge on any atom is 0.246 e. The molecule has 2 heterocycles. The predicted octanol–water partition coefficient (Wildman–Crippen LogP) is 4.02. The monoisotopic (exact) mass is 394 g/mol. The zero-order valence-corrected chi connectivity index (χ0v) is 18.1. The third-order valence-corrected chi connectivity index (χ3v) is 9.31. The average Bonchev–Trinajstić information content (AvgIpc) is 3.20. The van der Waals surface area contributed by atoms with E-state index in [-0.39, 0.29) is 22.8 Å². The summed E-state index contributed by atoms with van der Waals surface area (Å²) >= 11 is 0. The minimum absolute atomic E-state index is 0.0263. The van der Waals surface area contributed by atoms with E-state index in [0.29, 0.717) is 23.8 Å². The van der Waals surface area contributed by atoms with Crippen LogP contribution in [0.3, 0.4) is 0 Å². The zero-order valence-electron chi connectivity index (χ0n) is 18.1. The highest BCUT2D eigenvalue weighted by atomic mass is 16.3. The number of amides is 1. The highest BCUT2D eigenvalue weighted by molar-refractivity contribution is 5.89. The molecule has 4 nitrogen and oxygen atoms in total. The summed E-state index contributed by atoms with van der Waals surface area (Å²) in [6, 6.07) is 4.50. The van der Waals surface area contributed by atoms with E-state index in [1.165, 1.54) is 17.7 Å². The lowest BCUT2D eigenvalue weighted by Crippen LogP contribution is -2.59. The van der Waals surface area contributed by atoms with Crippen LogP contribution >= 0.6 is 0 Å². The summed E-state index contributed by atoms with van der Waals surface area (Å²) in [6.07, 6.45) is 13.4. The van der Waals surface area contributed by atoms with Crippen LogP contribution in [0.2, 0.25) is 0 Å². The first-order valence-electron chi connectivity index (χ1n) is 11.2. The number of carbonyl (C=O) groups is 1. The van der Waals surface area contributed by atoms with Gasteiger partial charge in [-0.15, -0.1) is 0 Å². The lowest BCUT2D eigenvalue weighted by Gasteiger charge is -2.59. The van der Waals surface area contributed by atoms with Crippen LogP contribution in [0.4, 0.5) is 0 Å². The smallest absolute Gasteiger partial charge is 0.246 e. The van der Waals surface area contributed by atoms with Crippen molar-refractivity contribution >= 4 is 12.0 Å². The molecule has 0 saturated heterocycles. The Morgan fingerprint density at radius 3 is 2.69 bits per heavy atom. The van der Waals surface area contributed by atoms with Crippen LogP contribution < -0.4 is 0 Å². The maximum atomic E-state index is 12.2. The number of aliphatic hydroxyl groups excluding tert-OH is 1. The van der Waals surface area contributed by atoms with E-state index in [2.05, 4.69) is 55.9 Å². The van der Waals surface area contributed by atoms with Crippen molar-refractivity contribution < 1.29 is 9.90 Å². The van der Waals surface area contributed by atoms with Gasteiger partial charge in [0.25, 0.3) is 0 Å². The summed E-state index contributed by atoms with van der Waals surface area (Å²) in [5.74, 6) is 1.88. The van der Waals surface area contributed by atoms with Crippen LogP contribution in [0.15, 0.2) is 36.1 Å². The molecule has 0 spiro atoms. The number of aromatic nitrogens is 1. The molecule has 1 amide bonds. The number of rotatable bonds is 1. The molecule has 7 atom stereocenters. The van der Waals surface area contributed by atoms with Crippen LogP contribution in [0.5, 0.6) is 0 Å². The molecular weight excluding hydrogens is 360 g/mol. The van der Waals surface area contributed by atoms with Crippen LogP contribution in [0, 0.1) is 28.6 Å². The quantitative estimate of drug-likeness (QED) is 0.782. The fourth-order valence-corrected chi connectivity index (χ4v) is 7.55. The van der Waals surface area contributed by atoms with Gasteiger partial charge in [-0.3, -0.25) is 4.79 Å². The molecule has 3 fully saturated rings. The molecule has 3 saturated carbocycles. The summed E-state index contributed by atoms with van der Waals surface area (Å²) in [5.41, 5.74) is 2.41. The average molecular weight is 395 g/mol. The molecule has 29 heavy (non-hydrogen) atoms. The minimum atomic E-state index is -0.347. The second-order valence-electron chi connectivity index (χ2n) is 10.5. The molecule has 4 heteroatoms. The first-order chi connectivity index (χ1) is 13.8. The van der Waals surface area contributed by atoms with Gasteiger partial charge in [0, 0.05) is 42.9 Å². The number of aliphatic hydroxyl groups is 1. The molecule has 0 aromatic carbocycles. The Kier molecular flexibility index (Phi) is 4.19. The van der Waals surface area contributed by atoms with Crippen LogP contribution in [-0.2, 0) is 11.8 Å². The van der Waals surface area contributed by atoms with Gasteiger partial charge in [0.1, 0.15) is 0 Å². The van der Waals surface area contributed by atoms with E-state index >= 15 is 0 Å². The third kappa shape index (κ3) is 2.57. The van der Waals surface area contributed by atoms with Crippen molar-refractivity contribution in [2.45, 2.75) is 58.1 Å². The van der Waals surface area contributed by atoms with Gasteiger partial charge in [-0.25, -0.2) is 0 Å². The molecule has 0 bridgehead atoms. The second kappa shape index (κ2) is 6.34. The number of hydrogen-bond acceptors (Lipinski definition) is 2. The number of likely N-dealkylation sites (N-methyl/N-ethyl adjacent to an activating group) is 1. The number of hydrogen-bond donors (Lipinski definition) is 1. The Labute approximate surface area is 174 Å². The molecule has 1 aliphatic heterocycles. The van der Waals surface area contributed by atoms with Crippen molar-refractivity contribution in [3.63, 3.8) is 0 Å². The van der Waals surface area contributed by atoms with Crippen molar-refractivity contribution in [3.05, 3.63) is 41.7 Å². The van der Waals surface area contributed by atoms with Gasteiger partial charge in [0.15, 0.2) is 0 Å². The van der Waals surface area contributed by atoms with E-state index in [9.17, 15) is 9.90 Å². The van der Waals surface area contributed by atoms with Gasteiger partial charge in [-0.1, -0.05) is 19.9 Å². The fourth-order valence-electron chi connectivity index (χ4n) is 7.55. The van der Waals surface area contributed by atoms with E-state index in [4.69, 9.17) is 0 Å². The second-order valence-corrected chi connectivity index (χ2v) is 10.5. The molecular formula is C25H34N2O2. The highest BCUT2D eigenvalue weighted by Gasteiger charge is 2.61. The molecule has 3 aliphatic carbocycles. The fraction of sp³-hybridized carbons (Fsp3) is 0.640. The van der Waals surface area contributed by atoms with Gasteiger partial charge in [0.05, 0.1) is 6.10 Å². The number of fused-ring (bicyclic) bond motifs is 5. The summed E-state index contributed by atoms with van der Waals surface area (Å²) in [7, 11) is 4.04. The molecule has 1 aromatic heterocycles. The van der Waals surface area contributed by atoms with Crippen molar-refractivity contribution in [1.29, 1.82) is 0 Å². The lowest BCUT2D eigenvalue weighted by molar-refractivity contribution is -0.140. The predicted molar refractivity (Wildman–Crippen MR) is 115 cm³/mol. The maximum absolute atomic E-state index is 12.2. The summed E-state index contributed by atoms with van der Waals surface area (Å²) < 4.78 is 2.12. The van der Waals surface area contributed by atoms with E-state index < -0.39 is 0 Å². The first kappa shape index (κ1) is 19.2. The topological polar surface area (TPSA) is 45.5 Å². The van der Waals surface area contributed by atoms with Gasteiger partial charge in [-0.2, -0.15) is 0 Å². The molecule has 5 rings (SSSR count). The summed E-state index contributed by atoms with van der Waals surface area (Å²) in [5, 5.41) is 11.4. The highest BCUT2D eigenvalue weighted by Crippen LogP contribution is 2.64. The molecule has 2 unspecified atom stereocenters. The van der Waals surface area contributed by atoms with Crippen molar-refractivity contribution in [3.8, 4) is 0 Å². The first-order valence-corrected chi connectivity index (χ1v) is 11.2. The summed E-state index contributed by atoms with van der Waals surface area (Å²) in [4.78, 5) is 14.2. The van der Waals surface area contributed by atoms with Gasteiger partial charge in [0.2, 0.25) is 5.91 Å². The van der Waals surface area contributed by atoms with Crippen LogP contribution in [0.1, 0.15) is 51.6 Å². The molecule has 156 valence electrons. The van der Waals surface area contributed by atoms with E-state index in [1.54, 1.807) is 6.08 Å². The van der Waals surface area contributed by atoms with E-state index in [0.717, 1.165) is 25.7 Å². The number of carbonyl (C=O) groups excluding carboxylic acids is 1. The SMILES string of the molecule is CN1C(=O)C=C[C@@]2(C)C1CC[C@@H]1[C@H]2CC[C@]2(C)C(O)C(=Cc3cccn3C)C[C@@H]12. The van der Waals surface area contributed by atoms with Gasteiger partial charge >= 0.3 is 0 Å². The van der Waals surface area contributed by atoms with Gasteiger partial charge < -0.3 is 14.6 Å². The van der Waals surface area contributed by atoms with Gasteiger partial charge in [-0.05, 0) is 79.7 Å². The van der Waals surface area contributed by atoms with Crippen LogP contribution in [-0.4, -0.2) is 39.7 Å². The van der Waals surface area contributed by atoms with Crippen molar-refractivity contribution in [2.24, 2.45) is 35.6 Å². The lowest BCUT2D eigenvalue weighted by atomic mass is 9.48. The molecule has 1 aromatic rings. The van der Waals surface area contributed by atoms with Crippen molar-refractivity contribution in [1.82, 2.24) is 9.47 Å².